The Morgan fingerprint density at radius 1 is 1.29 bits per heavy atom. The van der Waals surface area contributed by atoms with Crippen LogP contribution < -0.4 is 10.6 Å². The molecule has 6 nitrogen and oxygen atoms in total. The predicted molar refractivity (Wildman–Crippen MR) is 63.9 cm³/mol. The maximum atomic E-state index is 11.3. The van der Waals surface area contributed by atoms with Crippen LogP contribution in [0.2, 0.25) is 0 Å². The third-order valence-corrected chi connectivity index (χ3v) is 2.44. The summed E-state index contributed by atoms with van der Waals surface area (Å²) >= 11 is 0. The van der Waals surface area contributed by atoms with E-state index >= 15 is 0 Å². The van der Waals surface area contributed by atoms with Gasteiger partial charge in [-0.1, -0.05) is 20.8 Å². The van der Waals surface area contributed by atoms with Crippen LogP contribution in [-0.4, -0.2) is 43.4 Å². The lowest BCUT2D eigenvalue weighted by molar-refractivity contribution is -0.142. The quantitative estimate of drug-likeness (QED) is 0.553. The van der Waals surface area contributed by atoms with Gasteiger partial charge in [0.15, 0.2) is 0 Å². The summed E-state index contributed by atoms with van der Waals surface area (Å²) in [6, 6.07) is -0.259. The molecular weight excluding hydrogens is 224 g/mol. The molecular formula is C11H22N2O4. The van der Waals surface area contributed by atoms with Crippen LogP contribution in [0.15, 0.2) is 0 Å². The van der Waals surface area contributed by atoms with Crippen molar-refractivity contribution in [1.82, 2.24) is 10.6 Å². The zero-order valence-electron chi connectivity index (χ0n) is 10.7. The number of aliphatic carboxylic acids is 1. The summed E-state index contributed by atoms with van der Waals surface area (Å²) in [6.07, 6.45) is 0.981. The van der Waals surface area contributed by atoms with Crippen LogP contribution in [0.4, 0.5) is 4.79 Å². The van der Waals surface area contributed by atoms with Crippen LogP contribution in [0.25, 0.3) is 0 Å². The van der Waals surface area contributed by atoms with E-state index in [0.29, 0.717) is 13.1 Å². The molecule has 0 aliphatic heterocycles. The number of carbonyl (C=O) groups is 2. The standard InChI is InChI=1S/C11H22N2O4/c1-4-11(2,3)8-13-10(16)12-5-6-17-7-9(14)15/h4-8H2,1-3H3,(H,14,15)(H2,12,13,16). The summed E-state index contributed by atoms with van der Waals surface area (Å²) in [4.78, 5) is 21.4. The van der Waals surface area contributed by atoms with Gasteiger partial charge >= 0.3 is 12.0 Å². The number of ether oxygens (including phenoxy) is 1. The highest BCUT2D eigenvalue weighted by molar-refractivity contribution is 5.73. The lowest BCUT2D eigenvalue weighted by Crippen LogP contribution is -2.41. The lowest BCUT2D eigenvalue weighted by atomic mass is 9.90. The molecule has 0 spiro atoms. The summed E-state index contributed by atoms with van der Waals surface area (Å²) in [5, 5.41) is 13.6. The Morgan fingerprint density at radius 2 is 1.94 bits per heavy atom. The van der Waals surface area contributed by atoms with E-state index in [9.17, 15) is 9.59 Å². The molecule has 17 heavy (non-hydrogen) atoms. The van der Waals surface area contributed by atoms with E-state index in [2.05, 4.69) is 31.4 Å². The molecule has 100 valence electrons. The number of hydrogen-bond acceptors (Lipinski definition) is 3. The molecule has 0 fully saturated rings. The summed E-state index contributed by atoms with van der Waals surface area (Å²) in [5.41, 5.74) is 0.0805. The molecule has 0 unspecified atom stereocenters. The third kappa shape index (κ3) is 9.62. The van der Waals surface area contributed by atoms with Gasteiger partial charge in [-0.2, -0.15) is 0 Å². The van der Waals surface area contributed by atoms with Crippen molar-refractivity contribution in [2.45, 2.75) is 27.2 Å². The van der Waals surface area contributed by atoms with Gasteiger partial charge in [0, 0.05) is 13.1 Å². The summed E-state index contributed by atoms with van der Waals surface area (Å²) in [6.45, 7) is 6.96. The van der Waals surface area contributed by atoms with Crippen LogP contribution in [0, 0.1) is 5.41 Å². The summed E-state index contributed by atoms with van der Waals surface area (Å²) in [5.74, 6) is -1.01. The van der Waals surface area contributed by atoms with Crippen molar-refractivity contribution in [2.24, 2.45) is 5.41 Å². The SMILES string of the molecule is CCC(C)(C)CNC(=O)NCCOCC(=O)O. The van der Waals surface area contributed by atoms with Gasteiger partial charge in [-0.3, -0.25) is 0 Å². The number of urea groups is 1. The first kappa shape index (κ1) is 15.7. The minimum atomic E-state index is -1.01. The molecule has 0 heterocycles. The minimum absolute atomic E-state index is 0.0805. The number of carboxylic acids is 1. The van der Waals surface area contributed by atoms with E-state index in [1.54, 1.807) is 0 Å². The fourth-order valence-corrected chi connectivity index (χ4v) is 0.903. The molecule has 2 amide bonds. The second-order valence-electron chi connectivity index (χ2n) is 4.57. The van der Waals surface area contributed by atoms with Gasteiger partial charge in [0.05, 0.1) is 6.61 Å². The molecule has 0 radical (unpaired) electrons. The van der Waals surface area contributed by atoms with E-state index in [4.69, 9.17) is 9.84 Å². The molecule has 0 aromatic rings. The average molecular weight is 246 g/mol. The van der Waals surface area contributed by atoms with Crippen molar-refractivity contribution in [2.75, 3.05) is 26.3 Å². The van der Waals surface area contributed by atoms with Crippen molar-refractivity contribution in [1.29, 1.82) is 0 Å². The third-order valence-electron chi connectivity index (χ3n) is 2.44. The van der Waals surface area contributed by atoms with Crippen molar-refractivity contribution in [3.63, 3.8) is 0 Å². The van der Waals surface area contributed by atoms with E-state index in [0.717, 1.165) is 6.42 Å². The molecule has 0 aliphatic carbocycles. The molecule has 6 heteroatoms. The van der Waals surface area contributed by atoms with E-state index < -0.39 is 5.97 Å². The fraction of sp³-hybridized carbons (Fsp3) is 0.818. The Hall–Kier alpha value is -1.30. The molecule has 0 saturated carbocycles. The second kappa shape index (κ2) is 7.89. The topological polar surface area (TPSA) is 87.7 Å². The predicted octanol–water partition coefficient (Wildman–Crippen LogP) is 0.823. The fourth-order valence-electron chi connectivity index (χ4n) is 0.903. The number of nitrogens with one attached hydrogen (secondary N) is 2. The van der Waals surface area contributed by atoms with Crippen molar-refractivity contribution >= 4 is 12.0 Å². The van der Waals surface area contributed by atoms with Crippen molar-refractivity contribution in [3.8, 4) is 0 Å². The largest absolute Gasteiger partial charge is 0.480 e. The molecule has 0 aromatic heterocycles. The zero-order valence-corrected chi connectivity index (χ0v) is 10.7. The van der Waals surface area contributed by atoms with Crippen LogP contribution in [0.3, 0.4) is 0 Å². The van der Waals surface area contributed by atoms with E-state index in [-0.39, 0.29) is 24.7 Å². The zero-order chi connectivity index (χ0) is 13.3. The highest BCUT2D eigenvalue weighted by Crippen LogP contribution is 2.17. The highest BCUT2D eigenvalue weighted by Gasteiger charge is 2.15. The first-order chi connectivity index (χ1) is 7.87. The second-order valence-corrected chi connectivity index (χ2v) is 4.57. The Morgan fingerprint density at radius 3 is 2.47 bits per heavy atom. The van der Waals surface area contributed by atoms with Gasteiger partial charge in [-0.05, 0) is 11.8 Å². The number of carboxylic acid groups (broad SMARTS) is 1. The van der Waals surface area contributed by atoms with Gasteiger partial charge in [0.1, 0.15) is 6.61 Å². The molecule has 0 atom stereocenters. The molecule has 3 N–H and O–H groups in total. The van der Waals surface area contributed by atoms with Crippen molar-refractivity contribution in [3.05, 3.63) is 0 Å². The van der Waals surface area contributed by atoms with E-state index in [1.165, 1.54) is 0 Å². The van der Waals surface area contributed by atoms with Crippen LogP contribution in [0.1, 0.15) is 27.2 Å². The van der Waals surface area contributed by atoms with Crippen LogP contribution in [0.5, 0.6) is 0 Å². The molecule has 0 bridgehead atoms. The average Bonchev–Trinajstić information content (AvgIpc) is 2.26. The number of rotatable bonds is 8. The molecule has 0 rings (SSSR count). The van der Waals surface area contributed by atoms with Crippen molar-refractivity contribution < 1.29 is 19.4 Å². The lowest BCUT2D eigenvalue weighted by Gasteiger charge is -2.22. The maximum absolute atomic E-state index is 11.3. The number of hydrogen-bond donors (Lipinski definition) is 3. The van der Waals surface area contributed by atoms with Crippen LogP contribution in [-0.2, 0) is 9.53 Å². The van der Waals surface area contributed by atoms with Gasteiger partial charge < -0.3 is 20.5 Å². The van der Waals surface area contributed by atoms with Gasteiger partial charge in [-0.25, -0.2) is 9.59 Å². The van der Waals surface area contributed by atoms with Gasteiger partial charge in [-0.15, -0.1) is 0 Å². The molecule has 0 saturated heterocycles. The summed E-state index contributed by atoms with van der Waals surface area (Å²) < 4.78 is 4.77. The number of amides is 2. The number of carbonyl (C=O) groups excluding carboxylic acids is 1. The Balaban J connectivity index is 3.50. The normalized spacial score (nSPS) is 11.0. The monoisotopic (exact) mass is 246 g/mol. The Bertz CT molecular complexity index is 254. The molecule has 0 aliphatic rings. The summed E-state index contributed by atoms with van der Waals surface area (Å²) in [7, 11) is 0. The Kier molecular flexibility index (Phi) is 7.29. The highest BCUT2D eigenvalue weighted by atomic mass is 16.5. The first-order valence-corrected chi connectivity index (χ1v) is 5.68. The first-order valence-electron chi connectivity index (χ1n) is 5.68. The maximum Gasteiger partial charge on any atom is 0.329 e. The Labute approximate surface area is 102 Å². The van der Waals surface area contributed by atoms with E-state index in [1.807, 2.05) is 0 Å². The minimum Gasteiger partial charge on any atom is -0.480 e. The molecule has 0 aromatic carbocycles. The van der Waals surface area contributed by atoms with Crippen LogP contribution >= 0.6 is 0 Å². The smallest absolute Gasteiger partial charge is 0.329 e. The van der Waals surface area contributed by atoms with Gasteiger partial charge in [0.2, 0.25) is 0 Å². The van der Waals surface area contributed by atoms with Gasteiger partial charge in [0.25, 0.3) is 0 Å².